The van der Waals surface area contributed by atoms with Crippen molar-refractivity contribution in [3.63, 3.8) is 0 Å². The predicted molar refractivity (Wildman–Crippen MR) is 105 cm³/mol. The molecule has 0 N–H and O–H groups in total. The molecule has 7 nitrogen and oxygen atoms in total. The Morgan fingerprint density at radius 2 is 1.96 bits per heavy atom. The Labute approximate surface area is 160 Å². The maximum Gasteiger partial charge on any atom is 0.231 e. The quantitative estimate of drug-likeness (QED) is 0.824. The van der Waals surface area contributed by atoms with Crippen LogP contribution in [0.2, 0.25) is 0 Å². The van der Waals surface area contributed by atoms with Gasteiger partial charge in [-0.05, 0) is 33.2 Å². The van der Waals surface area contributed by atoms with Crippen molar-refractivity contribution in [3.05, 3.63) is 17.7 Å². The van der Waals surface area contributed by atoms with Gasteiger partial charge in [0.25, 0.3) is 0 Å². The van der Waals surface area contributed by atoms with Crippen molar-refractivity contribution in [2.24, 2.45) is 5.92 Å². The summed E-state index contributed by atoms with van der Waals surface area (Å²) in [4.78, 5) is 28.6. The van der Waals surface area contributed by atoms with Gasteiger partial charge in [0.1, 0.15) is 17.9 Å². The standard InChI is InChI=1S/C20H29N5O2/c1-4-23-8-10-24(11-9-23)20(26)16-6-5-7-25(12-16)18-17-14(2)15(3)27-19(17)22-13-21-18/h13,16H,4-12H2,1-3H3. The van der Waals surface area contributed by atoms with Crippen molar-refractivity contribution in [3.8, 4) is 0 Å². The van der Waals surface area contributed by atoms with Crippen LogP contribution in [0, 0.1) is 19.8 Å². The van der Waals surface area contributed by atoms with Crippen LogP contribution >= 0.6 is 0 Å². The zero-order valence-electron chi connectivity index (χ0n) is 16.6. The number of furan rings is 1. The van der Waals surface area contributed by atoms with E-state index in [0.717, 1.165) is 81.2 Å². The summed E-state index contributed by atoms with van der Waals surface area (Å²) in [6, 6.07) is 0. The first kappa shape index (κ1) is 18.2. The Balaban J connectivity index is 1.51. The Morgan fingerprint density at radius 3 is 2.70 bits per heavy atom. The third-order valence-electron chi connectivity index (χ3n) is 6.15. The van der Waals surface area contributed by atoms with E-state index in [1.165, 1.54) is 0 Å². The molecule has 0 radical (unpaired) electrons. The van der Waals surface area contributed by atoms with E-state index in [1.807, 2.05) is 13.8 Å². The van der Waals surface area contributed by atoms with Crippen molar-refractivity contribution < 1.29 is 9.21 Å². The van der Waals surface area contributed by atoms with Crippen molar-refractivity contribution in [2.75, 3.05) is 50.7 Å². The molecule has 146 valence electrons. The van der Waals surface area contributed by atoms with Crippen molar-refractivity contribution in [1.82, 2.24) is 19.8 Å². The van der Waals surface area contributed by atoms with Gasteiger partial charge in [0.05, 0.1) is 11.3 Å². The summed E-state index contributed by atoms with van der Waals surface area (Å²) < 4.78 is 5.76. The summed E-state index contributed by atoms with van der Waals surface area (Å²) in [6.07, 6.45) is 3.53. The van der Waals surface area contributed by atoms with Crippen molar-refractivity contribution in [1.29, 1.82) is 0 Å². The molecule has 2 aliphatic rings. The van der Waals surface area contributed by atoms with Gasteiger partial charge in [-0.3, -0.25) is 4.79 Å². The van der Waals surface area contributed by atoms with E-state index in [1.54, 1.807) is 6.33 Å². The molecule has 1 unspecified atom stereocenters. The van der Waals surface area contributed by atoms with E-state index in [-0.39, 0.29) is 5.92 Å². The van der Waals surface area contributed by atoms with Gasteiger partial charge in [-0.1, -0.05) is 6.92 Å². The highest BCUT2D eigenvalue weighted by atomic mass is 16.3. The van der Waals surface area contributed by atoms with Gasteiger partial charge in [0.15, 0.2) is 0 Å². The van der Waals surface area contributed by atoms with E-state index < -0.39 is 0 Å². The summed E-state index contributed by atoms with van der Waals surface area (Å²) in [6.45, 7) is 12.6. The molecule has 27 heavy (non-hydrogen) atoms. The number of carbonyl (C=O) groups is 1. The normalized spacial score (nSPS) is 21.8. The molecule has 4 rings (SSSR count). The fraction of sp³-hybridized carbons (Fsp3) is 0.650. The van der Waals surface area contributed by atoms with Crippen LogP contribution in [0.1, 0.15) is 31.1 Å². The first-order valence-corrected chi connectivity index (χ1v) is 10.0. The second-order valence-electron chi connectivity index (χ2n) is 7.71. The summed E-state index contributed by atoms with van der Waals surface area (Å²) in [5, 5.41) is 0.986. The average molecular weight is 371 g/mol. The van der Waals surface area contributed by atoms with E-state index in [0.29, 0.717) is 11.6 Å². The highest BCUT2D eigenvalue weighted by Gasteiger charge is 2.32. The number of hydrogen-bond acceptors (Lipinski definition) is 6. The van der Waals surface area contributed by atoms with Gasteiger partial charge < -0.3 is 19.1 Å². The second kappa shape index (κ2) is 7.46. The van der Waals surface area contributed by atoms with Gasteiger partial charge in [-0.2, -0.15) is 0 Å². The van der Waals surface area contributed by atoms with Crippen LogP contribution in [0.25, 0.3) is 11.1 Å². The highest BCUT2D eigenvalue weighted by Crippen LogP contribution is 2.33. The molecule has 2 aromatic heterocycles. The number of carbonyl (C=O) groups excluding carboxylic acids is 1. The molecule has 1 amide bonds. The molecule has 0 aromatic carbocycles. The van der Waals surface area contributed by atoms with E-state index in [9.17, 15) is 4.79 Å². The number of aromatic nitrogens is 2. The molecule has 2 fully saturated rings. The lowest BCUT2D eigenvalue weighted by Gasteiger charge is -2.39. The summed E-state index contributed by atoms with van der Waals surface area (Å²) >= 11 is 0. The fourth-order valence-corrected chi connectivity index (χ4v) is 4.32. The molecular formula is C20H29N5O2. The van der Waals surface area contributed by atoms with Gasteiger partial charge in [0.2, 0.25) is 11.6 Å². The van der Waals surface area contributed by atoms with Crippen LogP contribution in [0.4, 0.5) is 5.82 Å². The number of likely N-dealkylation sites (N-methyl/N-ethyl adjacent to an activating group) is 1. The number of anilines is 1. The molecule has 2 aliphatic heterocycles. The molecule has 0 bridgehead atoms. The number of aryl methyl sites for hydroxylation is 2. The second-order valence-corrected chi connectivity index (χ2v) is 7.71. The van der Waals surface area contributed by atoms with E-state index in [4.69, 9.17) is 4.42 Å². The highest BCUT2D eigenvalue weighted by molar-refractivity contribution is 5.90. The van der Waals surface area contributed by atoms with Crippen LogP contribution in [0.15, 0.2) is 10.7 Å². The smallest absolute Gasteiger partial charge is 0.231 e. The van der Waals surface area contributed by atoms with E-state index >= 15 is 0 Å². The predicted octanol–water partition coefficient (Wildman–Crippen LogP) is 2.22. The summed E-state index contributed by atoms with van der Waals surface area (Å²) in [7, 11) is 0. The maximum atomic E-state index is 13.1. The summed E-state index contributed by atoms with van der Waals surface area (Å²) in [5.74, 6) is 2.14. The lowest BCUT2D eigenvalue weighted by molar-refractivity contribution is -0.137. The third-order valence-corrected chi connectivity index (χ3v) is 6.15. The molecule has 4 heterocycles. The van der Waals surface area contributed by atoms with Crippen molar-refractivity contribution in [2.45, 2.75) is 33.6 Å². The topological polar surface area (TPSA) is 65.7 Å². The van der Waals surface area contributed by atoms with Crippen LogP contribution < -0.4 is 4.90 Å². The average Bonchev–Trinajstić information content (AvgIpc) is 3.01. The molecular weight excluding hydrogens is 342 g/mol. The molecule has 0 aliphatic carbocycles. The zero-order chi connectivity index (χ0) is 19.0. The monoisotopic (exact) mass is 371 g/mol. The maximum absolute atomic E-state index is 13.1. The SMILES string of the molecule is CCN1CCN(C(=O)C2CCCN(c3ncnc4oc(C)c(C)c34)C2)CC1. The molecule has 1 atom stereocenters. The Hall–Kier alpha value is -2.15. The van der Waals surface area contributed by atoms with Gasteiger partial charge >= 0.3 is 0 Å². The summed E-state index contributed by atoms with van der Waals surface area (Å²) in [5.41, 5.74) is 1.73. The van der Waals surface area contributed by atoms with Crippen molar-refractivity contribution >= 4 is 22.8 Å². The fourth-order valence-electron chi connectivity index (χ4n) is 4.32. The minimum atomic E-state index is 0.0465. The van der Waals surface area contributed by atoms with Crippen LogP contribution in [-0.2, 0) is 4.79 Å². The lowest BCUT2D eigenvalue weighted by atomic mass is 9.96. The van der Waals surface area contributed by atoms with Crippen LogP contribution in [0.3, 0.4) is 0 Å². The molecule has 0 spiro atoms. The largest absolute Gasteiger partial charge is 0.443 e. The van der Waals surface area contributed by atoms with E-state index in [2.05, 4.69) is 31.6 Å². The molecule has 2 aromatic rings. The Bertz CT molecular complexity index is 825. The number of fused-ring (bicyclic) bond motifs is 1. The number of nitrogens with zero attached hydrogens (tertiary/aromatic N) is 5. The Kier molecular flexibility index (Phi) is 5.04. The minimum absolute atomic E-state index is 0.0465. The number of piperidine rings is 1. The number of rotatable bonds is 3. The number of amides is 1. The number of hydrogen-bond donors (Lipinski definition) is 0. The first-order valence-electron chi connectivity index (χ1n) is 10.0. The first-order chi connectivity index (χ1) is 13.1. The molecule has 2 saturated heterocycles. The number of piperazine rings is 1. The van der Waals surface area contributed by atoms with Crippen LogP contribution in [-0.4, -0.2) is 71.5 Å². The molecule has 7 heteroatoms. The van der Waals surface area contributed by atoms with Gasteiger partial charge in [-0.25, -0.2) is 9.97 Å². The minimum Gasteiger partial charge on any atom is -0.443 e. The lowest BCUT2D eigenvalue weighted by Crippen LogP contribution is -2.52. The van der Waals surface area contributed by atoms with Gasteiger partial charge in [0, 0.05) is 44.8 Å². The Morgan fingerprint density at radius 1 is 1.19 bits per heavy atom. The van der Waals surface area contributed by atoms with Gasteiger partial charge in [-0.15, -0.1) is 0 Å². The van der Waals surface area contributed by atoms with Crippen LogP contribution in [0.5, 0.6) is 0 Å². The third kappa shape index (κ3) is 3.40. The molecule has 0 saturated carbocycles. The zero-order valence-corrected chi connectivity index (χ0v) is 16.6.